The van der Waals surface area contributed by atoms with Crippen molar-refractivity contribution in [3.8, 4) is 6.07 Å². The summed E-state index contributed by atoms with van der Waals surface area (Å²) < 4.78 is 0. The van der Waals surface area contributed by atoms with Crippen LogP contribution in [0.3, 0.4) is 0 Å². The molecule has 0 aromatic heterocycles. The number of carbonyl (C=O) groups is 3. The number of nitriles is 1. The standard InChI is InChI=1S/C17H19N5O3/c18-11-12-4-1-2-5-14(12)21-6-3-7-22(9-8-21)15(23)10-13-16(24)20-17(25)19-13/h1-2,4-5,13H,3,6-10H2,(H2,19,20,24,25)/t13-/m1/s1. The minimum Gasteiger partial charge on any atom is -0.369 e. The number of anilines is 1. The van der Waals surface area contributed by atoms with Gasteiger partial charge in [-0.3, -0.25) is 14.9 Å². The molecule has 25 heavy (non-hydrogen) atoms. The van der Waals surface area contributed by atoms with E-state index in [2.05, 4.69) is 21.6 Å². The predicted octanol–water partition coefficient (Wildman–Crippen LogP) is 0.195. The van der Waals surface area contributed by atoms with Crippen molar-refractivity contribution in [2.24, 2.45) is 0 Å². The van der Waals surface area contributed by atoms with Gasteiger partial charge >= 0.3 is 6.03 Å². The number of amides is 4. The Morgan fingerprint density at radius 3 is 2.72 bits per heavy atom. The fourth-order valence-electron chi connectivity index (χ4n) is 3.16. The van der Waals surface area contributed by atoms with Crippen LogP contribution >= 0.6 is 0 Å². The third kappa shape index (κ3) is 3.71. The Labute approximate surface area is 145 Å². The second-order valence-corrected chi connectivity index (χ2v) is 6.07. The van der Waals surface area contributed by atoms with Crippen molar-refractivity contribution in [1.82, 2.24) is 15.5 Å². The van der Waals surface area contributed by atoms with Crippen LogP contribution in [0.1, 0.15) is 18.4 Å². The largest absolute Gasteiger partial charge is 0.369 e. The lowest BCUT2D eigenvalue weighted by Gasteiger charge is -2.24. The number of urea groups is 1. The molecule has 0 radical (unpaired) electrons. The SMILES string of the molecule is N#Cc1ccccc1N1CCCN(C(=O)C[C@H]2NC(=O)NC2=O)CC1. The fourth-order valence-corrected chi connectivity index (χ4v) is 3.16. The molecule has 1 aromatic rings. The van der Waals surface area contributed by atoms with Crippen molar-refractivity contribution in [1.29, 1.82) is 5.26 Å². The highest BCUT2D eigenvalue weighted by Crippen LogP contribution is 2.21. The number of hydrogen-bond acceptors (Lipinski definition) is 5. The number of benzene rings is 1. The van der Waals surface area contributed by atoms with E-state index in [1.807, 2.05) is 18.2 Å². The van der Waals surface area contributed by atoms with E-state index in [0.717, 1.165) is 18.7 Å². The Hall–Kier alpha value is -3.08. The second kappa shape index (κ2) is 7.21. The van der Waals surface area contributed by atoms with E-state index in [1.165, 1.54) is 0 Å². The Kier molecular flexibility index (Phi) is 4.84. The van der Waals surface area contributed by atoms with Gasteiger partial charge in [0.05, 0.1) is 17.7 Å². The van der Waals surface area contributed by atoms with E-state index in [1.54, 1.807) is 11.0 Å². The van der Waals surface area contributed by atoms with Crippen molar-refractivity contribution in [3.05, 3.63) is 29.8 Å². The molecule has 0 spiro atoms. The second-order valence-electron chi connectivity index (χ2n) is 6.07. The first-order valence-corrected chi connectivity index (χ1v) is 8.21. The Bertz CT molecular complexity index is 742. The third-order valence-corrected chi connectivity index (χ3v) is 4.45. The van der Waals surface area contributed by atoms with Crippen molar-refractivity contribution in [3.63, 3.8) is 0 Å². The molecule has 130 valence electrons. The highest BCUT2D eigenvalue weighted by atomic mass is 16.2. The molecule has 1 atom stereocenters. The Morgan fingerprint density at radius 1 is 1.20 bits per heavy atom. The zero-order valence-electron chi connectivity index (χ0n) is 13.7. The lowest BCUT2D eigenvalue weighted by Crippen LogP contribution is -2.40. The van der Waals surface area contributed by atoms with Gasteiger partial charge in [-0.25, -0.2) is 4.79 Å². The molecule has 3 rings (SSSR count). The molecule has 4 amide bonds. The molecule has 2 saturated heterocycles. The average molecular weight is 341 g/mol. The first-order valence-electron chi connectivity index (χ1n) is 8.21. The quantitative estimate of drug-likeness (QED) is 0.764. The van der Waals surface area contributed by atoms with Crippen LogP contribution in [0, 0.1) is 11.3 Å². The van der Waals surface area contributed by atoms with Gasteiger partial charge in [0.15, 0.2) is 0 Å². The molecule has 8 nitrogen and oxygen atoms in total. The molecule has 0 aliphatic carbocycles. The van der Waals surface area contributed by atoms with E-state index >= 15 is 0 Å². The molecular weight excluding hydrogens is 322 g/mol. The van der Waals surface area contributed by atoms with Crippen LogP contribution in [0.4, 0.5) is 10.5 Å². The summed E-state index contributed by atoms with van der Waals surface area (Å²) in [5, 5.41) is 13.8. The molecule has 2 heterocycles. The van der Waals surface area contributed by atoms with Crippen LogP contribution in [0.15, 0.2) is 24.3 Å². The number of imide groups is 1. The van der Waals surface area contributed by atoms with Gasteiger partial charge in [-0.15, -0.1) is 0 Å². The molecule has 0 bridgehead atoms. The molecule has 2 N–H and O–H groups in total. The van der Waals surface area contributed by atoms with Crippen molar-refractivity contribution >= 4 is 23.5 Å². The maximum absolute atomic E-state index is 12.4. The smallest absolute Gasteiger partial charge is 0.322 e. The monoisotopic (exact) mass is 341 g/mol. The summed E-state index contributed by atoms with van der Waals surface area (Å²) in [6.45, 7) is 2.48. The summed E-state index contributed by atoms with van der Waals surface area (Å²) in [7, 11) is 0. The molecule has 1 aromatic carbocycles. The predicted molar refractivity (Wildman–Crippen MR) is 89.6 cm³/mol. The van der Waals surface area contributed by atoms with Crippen molar-refractivity contribution in [2.75, 3.05) is 31.1 Å². The van der Waals surface area contributed by atoms with Crippen LogP contribution in [0.2, 0.25) is 0 Å². The van der Waals surface area contributed by atoms with Gasteiger partial charge in [-0.1, -0.05) is 12.1 Å². The maximum atomic E-state index is 12.4. The maximum Gasteiger partial charge on any atom is 0.322 e. The van der Waals surface area contributed by atoms with Crippen LogP contribution in [-0.2, 0) is 9.59 Å². The summed E-state index contributed by atoms with van der Waals surface area (Å²) in [5.74, 6) is -0.615. The minimum atomic E-state index is -0.793. The molecule has 0 saturated carbocycles. The van der Waals surface area contributed by atoms with Crippen molar-refractivity contribution in [2.45, 2.75) is 18.9 Å². The van der Waals surface area contributed by atoms with Gasteiger partial charge in [0.25, 0.3) is 5.91 Å². The van der Waals surface area contributed by atoms with E-state index in [9.17, 15) is 19.6 Å². The summed E-state index contributed by atoms with van der Waals surface area (Å²) >= 11 is 0. The first kappa shape index (κ1) is 16.8. The van der Waals surface area contributed by atoms with Gasteiger partial charge in [0.2, 0.25) is 5.91 Å². The fraction of sp³-hybridized carbons (Fsp3) is 0.412. The number of para-hydroxylation sites is 1. The lowest BCUT2D eigenvalue weighted by molar-refractivity contribution is -0.133. The van der Waals surface area contributed by atoms with Crippen LogP contribution in [0.25, 0.3) is 0 Å². The topological polar surface area (TPSA) is 106 Å². The zero-order valence-corrected chi connectivity index (χ0v) is 13.7. The normalized spacial score (nSPS) is 20.5. The highest BCUT2D eigenvalue weighted by molar-refractivity contribution is 6.05. The van der Waals surface area contributed by atoms with Crippen molar-refractivity contribution < 1.29 is 14.4 Å². The molecule has 0 unspecified atom stereocenters. The van der Waals surface area contributed by atoms with E-state index in [0.29, 0.717) is 25.2 Å². The number of rotatable bonds is 3. The molecule has 2 fully saturated rings. The first-order chi connectivity index (χ1) is 12.1. The molecule has 2 aliphatic heterocycles. The summed E-state index contributed by atoms with van der Waals surface area (Å²) in [6.07, 6.45) is 0.737. The number of nitrogens with zero attached hydrogens (tertiary/aromatic N) is 3. The Morgan fingerprint density at radius 2 is 2.00 bits per heavy atom. The third-order valence-electron chi connectivity index (χ3n) is 4.45. The lowest BCUT2D eigenvalue weighted by atomic mass is 10.1. The number of carbonyl (C=O) groups excluding carboxylic acids is 3. The molecular formula is C17H19N5O3. The van der Waals surface area contributed by atoms with Gasteiger partial charge in [-0.2, -0.15) is 5.26 Å². The van der Waals surface area contributed by atoms with Gasteiger partial charge in [0.1, 0.15) is 12.1 Å². The molecule has 2 aliphatic rings. The summed E-state index contributed by atoms with van der Waals surface area (Å²) in [4.78, 5) is 39.0. The van der Waals surface area contributed by atoms with Gasteiger partial charge < -0.3 is 15.1 Å². The molecule has 8 heteroatoms. The average Bonchev–Trinajstić information content (AvgIpc) is 2.80. The van der Waals surface area contributed by atoms with Crippen LogP contribution < -0.4 is 15.5 Å². The highest BCUT2D eigenvalue weighted by Gasteiger charge is 2.33. The Balaban J connectivity index is 1.62. The summed E-state index contributed by atoms with van der Waals surface area (Å²) in [5.41, 5.74) is 1.49. The van der Waals surface area contributed by atoms with E-state index in [4.69, 9.17) is 0 Å². The van der Waals surface area contributed by atoms with Gasteiger partial charge in [0, 0.05) is 26.2 Å². The van der Waals surface area contributed by atoms with Crippen LogP contribution in [-0.4, -0.2) is 55.0 Å². The number of hydrogen-bond donors (Lipinski definition) is 2. The van der Waals surface area contributed by atoms with Gasteiger partial charge in [-0.05, 0) is 18.6 Å². The zero-order chi connectivity index (χ0) is 17.8. The minimum absolute atomic E-state index is 0.0354. The number of nitrogens with one attached hydrogen (secondary N) is 2. The summed E-state index contributed by atoms with van der Waals surface area (Å²) in [6, 6.07) is 8.26. The van der Waals surface area contributed by atoms with E-state index in [-0.39, 0.29) is 12.3 Å². The van der Waals surface area contributed by atoms with E-state index < -0.39 is 18.0 Å². The van der Waals surface area contributed by atoms with Crippen LogP contribution in [0.5, 0.6) is 0 Å².